The van der Waals surface area contributed by atoms with Gasteiger partial charge in [0, 0.05) is 12.7 Å². The zero-order valence-electron chi connectivity index (χ0n) is 15.4. The number of hydrogen-bond donors (Lipinski definition) is 0. The van der Waals surface area contributed by atoms with Gasteiger partial charge in [-0.3, -0.25) is 4.98 Å². The van der Waals surface area contributed by atoms with Crippen LogP contribution >= 0.6 is 0 Å². The predicted octanol–water partition coefficient (Wildman–Crippen LogP) is 4.53. The van der Waals surface area contributed by atoms with Gasteiger partial charge in [0.15, 0.2) is 0 Å². The Morgan fingerprint density at radius 3 is 2.28 bits per heavy atom. The number of pyridine rings is 1. The molecule has 0 radical (unpaired) electrons. The van der Waals surface area contributed by atoms with Gasteiger partial charge in [0.05, 0.1) is 22.7 Å². The molecule has 4 nitrogen and oxygen atoms in total. The molecule has 0 atom stereocenters. The molecular formula is C21H19F3N2O2S. The van der Waals surface area contributed by atoms with Crippen LogP contribution in [-0.2, 0) is 29.2 Å². The lowest BCUT2D eigenvalue weighted by molar-refractivity contribution is -0.137. The Hall–Kier alpha value is -2.71. The van der Waals surface area contributed by atoms with Crippen LogP contribution in [0.3, 0.4) is 0 Å². The summed E-state index contributed by atoms with van der Waals surface area (Å²) in [6.45, 7) is 0.0748. The number of sulfonamides is 1. The molecule has 3 rings (SSSR count). The van der Waals surface area contributed by atoms with E-state index in [1.807, 2.05) is 30.3 Å². The van der Waals surface area contributed by atoms with Crippen molar-refractivity contribution in [3.05, 3.63) is 95.8 Å². The van der Waals surface area contributed by atoms with E-state index < -0.39 is 26.7 Å². The maximum absolute atomic E-state index is 13.2. The number of halogens is 3. The summed E-state index contributed by atoms with van der Waals surface area (Å²) in [7, 11) is -4.16. The van der Waals surface area contributed by atoms with E-state index in [9.17, 15) is 21.6 Å². The normalized spacial score (nSPS) is 12.3. The van der Waals surface area contributed by atoms with Crippen molar-refractivity contribution in [1.82, 2.24) is 9.29 Å². The van der Waals surface area contributed by atoms with Crippen LogP contribution in [0.1, 0.15) is 16.8 Å². The lowest BCUT2D eigenvalue weighted by Gasteiger charge is -2.22. The summed E-state index contributed by atoms with van der Waals surface area (Å²) >= 11 is 0. The zero-order chi connectivity index (χ0) is 20.9. The molecule has 29 heavy (non-hydrogen) atoms. The second kappa shape index (κ2) is 8.75. The molecule has 2 aromatic carbocycles. The summed E-state index contributed by atoms with van der Waals surface area (Å²) in [5.41, 5.74) is 0.438. The second-order valence-electron chi connectivity index (χ2n) is 6.42. The molecule has 1 heterocycles. The first-order valence-corrected chi connectivity index (χ1v) is 10.3. The van der Waals surface area contributed by atoms with E-state index in [0.717, 1.165) is 22.0 Å². The number of benzene rings is 2. The molecule has 1 aromatic heterocycles. The predicted molar refractivity (Wildman–Crippen MR) is 103 cm³/mol. The van der Waals surface area contributed by atoms with Gasteiger partial charge in [-0.05, 0) is 42.3 Å². The van der Waals surface area contributed by atoms with Crippen LogP contribution in [0.2, 0.25) is 0 Å². The number of alkyl halides is 3. The van der Waals surface area contributed by atoms with Crippen molar-refractivity contribution >= 4 is 10.0 Å². The van der Waals surface area contributed by atoms with Gasteiger partial charge < -0.3 is 0 Å². The van der Waals surface area contributed by atoms with Crippen LogP contribution in [0, 0.1) is 0 Å². The minimum Gasteiger partial charge on any atom is -0.260 e. The zero-order valence-corrected chi connectivity index (χ0v) is 16.2. The fourth-order valence-electron chi connectivity index (χ4n) is 2.84. The molecule has 0 spiro atoms. The molecule has 0 saturated carbocycles. The van der Waals surface area contributed by atoms with Crippen molar-refractivity contribution in [2.75, 3.05) is 6.54 Å². The van der Waals surface area contributed by atoms with E-state index in [2.05, 4.69) is 4.98 Å². The topological polar surface area (TPSA) is 50.3 Å². The average Bonchev–Trinajstić information content (AvgIpc) is 2.72. The van der Waals surface area contributed by atoms with Crippen LogP contribution in [-0.4, -0.2) is 24.3 Å². The fraction of sp³-hybridized carbons (Fsp3) is 0.190. The maximum atomic E-state index is 13.2. The summed E-state index contributed by atoms with van der Waals surface area (Å²) in [6.07, 6.45) is -2.66. The first-order valence-electron chi connectivity index (χ1n) is 8.88. The number of rotatable bonds is 7. The molecule has 3 aromatic rings. The highest BCUT2D eigenvalue weighted by Crippen LogP contribution is 2.31. The molecule has 0 saturated heterocycles. The highest BCUT2D eigenvalue weighted by atomic mass is 32.2. The van der Waals surface area contributed by atoms with Gasteiger partial charge in [0.25, 0.3) is 0 Å². The van der Waals surface area contributed by atoms with Gasteiger partial charge in [-0.2, -0.15) is 17.5 Å². The summed E-state index contributed by atoms with van der Waals surface area (Å²) in [5.74, 6) is 0. The highest BCUT2D eigenvalue weighted by molar-refractivity contribution is 7.89. The van der Waals surface area contributed by atoms with Crippen molar-refractivity contribution in [3.63, 3.8) is 0 Å². The van der Waals surface area contributed by atoms with E-state index in [0.29, 0.717) is 18.2 Å². The van der Waals surface area contributed by atoms with Crippen LogP contribution in [0.25, 0.3) is 0 Å². The molecule has 0 unspecified atom stereocenters. The SMILES string of the molecule is O=S(=O)(c1cccc(C(F)(F)F)c1)N(CCc1ccccc1)Cc1ccccn1. The van der Waals surface area contributed by atoms with Crippen LogP contribution < -0.4 is 0 Å². The van der Waals surface area contributed by atoms with Gasteiger partial charge in [0.2, 0.25) is 10.0 Å². The Morgan fingerprint density at radius 2 is 1.62 bits per heavy atom. The Balaban J connectivity index is 1.93. The lowest BCUT2D eigenvalue weighted by atomic mass is 10.1. The van der Waals surface area contributed by atoms with Gasteiger partial charge >= 0.3 is 6.18 Å². The smallest absolute Gasteiger partial charge is 0.260 e. The molecule has 0 aliphatic heterocycles. The van der Waals surface area contributed by atoms with Gasteiger partial charge in [-0.1, -0.05) is 42.5 Å². The van der Waals surface area contributed by atoms with Crippen molar-refractivity contribution < 1.29 is 21.6 Å². The standard InChI is InChI=1S/C21H19F3N2O2S/c22-21(23,24)18-9-6-11-20(15-18)29(27,28)26(16-19-10-4-5-13-25-19)14-12-17-7-2-1-3-8-17/h1-11,13,15H,12,14,16H2. The van der Waals surface area contributed by atoms with Crippen LogP contribution in [0.15, 0.2) is 83.9 Å². The molecular weight excluding hydrogens is 401 g/mol. The van der Waals surface area contributed by atoms with Gasteiger partial charge in [0.1, 0.15) is 0 Å². The lowest BCUT2D eigenvalue weighted by Crippen LogP contribution is -2.33. The van der Waals surface area contributed by atoms with Crippen molar-refractivity contribution in [2.45, 2.75) is 24.0 Å². The Labute approximate surface area is 167 Å². The molecule has 8 heteroatoms. The summed E-state index contributed by atoms with van der Waals surface area (Å²) in [4.78, 5) is 3.76. The molecule has 0 aliphatic carbocycles. The van der Waals surface area contributed by atoms with Crippen molar-refractivity contribution in [1.29, 1.82) is 0 Å². The maximum Gasteiger partial charge on any atom is 0.416 e. The number of hydrogen-bond acceptors (Lipinski definition) is 3. The third-order valence-electron chi connectivity index (χ3n) is 4.36. The molecule has 0 bridgehead atoms. The Kier molecular flexibility index (Phi) is 6.34. The minimum absolute atomic E-state index is 0.0355. The molecule has 0 N–H and O–H groups in total. The van der Waals surface area contributed by atoms with E-state index >= 15 is 0 Å². The van der Waals surface area contributed by atoms with Crippen LogP contribution in [0.5, 0.6) is 0 Å². The quantitative estimate of drug-likeness (QED) is 0.564. The largest absolute Gasteiger partial charge is 0.416 e. The van der Waals surface area contributed by atoms with Gasteiger partial charge in [-0.15, -0.1) is 0 Å². The first-order chi connectivity index (χ1) is 13.8. The first kappa shape index (κ1) is 21.0. The Morgan fingerprint density at radius 1 is 0.897 bits per heavy atom. The molecule has 152 valence electrons. The van der Waals surface area contributed by atoms with E-state index in [-0.39, 0.29) is 13.1 Å². The Bertz CT molecular complexity index is 1040. The minimum atomic E-state index is -4.62. The fourth-order valence-corrected chi connectivity index (χ4v) is 4.30. The molecule has 0 fully saturated rings. The highest BCUT2D eigenvalue weighted by Gasteiger charge is 2.33. The van der Waals surface area contributed by atoms with Crippen molar-refractivity contribution in [3.8, 4) is 0 Å². The second-order valence-corrected chi connectivity index (χ2v) is 8.36. The van der Waals surface area contributed by atoms with E-state index in [1.165, 1.54) is 6.07 Å². The van der Waals surface area contributed by atoms with E-state index in [4.69, 9.17) is 0 Å². The third-order valence-corrected chi connectivity index (χ3v) is 6.20. The number of aromatic nitrogens is 1. The molecule has 0 amide bonds. The summed E-state index contributed by atoms with van der Waals surface area (Å²) in [5, 5.41) is 0. The molecule has 0 aliphatic rings. The van der Waals surface area contributed by atoms with Gasteiger partial charge in [-0.25, -0.2) is 8.42 Å². The van der Waals surface area contributed by atoms with Crippen molar-refractivity contribution in [2.24, 2.45) is 0 Å². The average molecular weight is 420 g/mol. The number of nitrogens with zero attached hydrogens (tertiary/aromatic N) is 2. The monoisotopic (exact) mass is 420 g/mol. The van der Waals surface area contributed by atoms with E-state index in [1.54, 1.807) is 24.4 Å². The third kappa shape index (κ3) is 5.42. The summed E-state index contributed by atoms with van der Waals surface area (Å²) < 4.78 is 66.7. The summed E-state index contributed by atoms with van der Waals surface area (Å²) in [6, 6.07) is 18.2. The van der Waals surface area contributed by atoms with Crippen LogP contribution in [0.4, 0.5) is 13.2 Å².